The predicted molar refractivity (Wildman–Crippen MR) is 123 cm³/mol. The van der Waals surface area contributed by atoms with Crippen molar-refractivity contribution in [2.24, 2.45) is 5.14 Å². The molecular formula is C21H33N5O6S. The van der Waals surface area contributed by atoms with E-state index in [4.69, 9.17) is 9.88 Å². The quantitative estimate of drug-likeness (QED) is 0.605. The lowest BCUT2D eigenvalue weighted by Crippen LogP contribution is -2.54. The summed E-state index contributed by atoms with van der Waals surface area (Å²) in [7, 11) is -2.24. The van der Waals surface area contributed by atoms with Crippen molar-refractivity contribution >= 4 is 33.6 Å². The van der Waals surface area contributed by atoms with Crippen molar-refractivity contribution in [2.45, 2.75) is 44.2 Å². The lowest BCUT2D eigenvalue weighted by Gasteiger charge is -2.36. The van der Waals surface area contributed by atoms with Crippen molar-refractivity contribution in [2.75, 3.05) is 45.1 Å². The van der Waals surface area contributed by atoms with Gasteiger partial charge in [0, 0.05) is 31.9 Å². The first-order chi connectivity index (χ1) is 15.2. The van der Waals surface area contributed by atoms with Crippen molar-refractivity contribution in [3.05, 3.63) is 24.3 Å². The average molecular weight is 484 g/mol. The highest BCUT2D eigenvalue weighted by Gasteiger charge is 2.29. The zero-order chi connectivity index (χ0) is 25.0. The summed E-state index contributed by atoms with van der Waals surface area (Å²) >= 11 is 0. The van der Waals surface area contributed by atoms with Gasteiger partial charge in [0.15, 0.2) is 0 Å². The third-order valence-electron chi connectivity index (χ3n) is 5.14. The summed E-state index contributed by atoms with van der Waals surface area (Å²) in [6, 6.07) is 4.98. The van der Waals surface area contributed by atoms with Gasteiger partial charge in [0.2, 0.25) is 21.8 Å². The Kier molecular flexibility index (Phi) is 8.44. The van der Waals surface area contributed by atoms with E-state index in [0.29, 0.717) is 26.2 Å². The van der Waals surface area contributed by atoms with Crippen molar-refractivity contribution in [1.29, 1.82) is 0 Å². The van der Waals surface area contributed by atoms with Gasteiger partial charge in [0.05, 0.1) is 17.5 Å². The van der Waals surface area contributed by atoms with Crippen molar-refractivity contribution in [3.8, 4) is 0 Å². The molecule has 1 aliphatic heterocycles. The Morgan fingerprint density at radius 2 is 1.73 bits per heavy atom. The zero-order valence-corrected chi connectivity index (χ0v) is 20.5. The molecule has 1 aromatic rings. The van der Waals surface area contributed by atoms with E-state index in [1.54, 1.807) is 55.5 Å². The normalized spacial score (nSPS) is 15.8. The third kappa shape index (κ3) is 7.98. The number of nitrogens with zero attached hydrogens (tertiary/aromatic N) is 3. The molecule has 0 saturated carbocycles. The van der Waals surface area contributed by atoms with Crippen LogP contribution in [0.25, 0.3) is 0 Å². The monoisotopic (exact) mass is 483 g/mol. The zero-order valence-electron chi connectivity index (χ0n) is 19.7. The number of benzene rings is 1. The van der Waals surface area contributed by atoms with Gasteiger partial charge in [0.25, 0.3) is 0 Å². The molecule has 184 valence electrons. The molecule has 12 heteroatoms. The van der Waals surface area contributed by atoms with Crippen LogP contribution in [0.15, 0.2) is 29.2 Å². The predicted octanol–water partition coefficient (Wildman–Crippen LogP) is 0.672. The number of amides is 3. The van der Waals surface area contributed by atoms with E-state index in [2.05, 4.69) is 5.32 Å². The number of ether oxygens (including phenoxy) is 1. The molecule has 0 bridgehead atoms. The van der Waals surface area contributed by atoms with Gasteiger partial charge in [-0.25, -0.2) is 18.4 Å². The Hall–Kier alpha value is -2.70. The fourth-order valence-electron chi connectivity index (χ4n) is 3.11. The first kappa shape index (κ1) is 26.6. The fourth-order valence-corrected chi connectivity index (χ4v) is 3.67. The summed E-state index contributed by atoms with van der Waals surface area (Å²) in [5, 5.41) is 7.76. The molecule has 1 atom stereocenters. The van der Waals surface area contributed by atoms with E-state index >= 15 is 0 Å². The van der Waals surface area contributed by atoms with Crippen LogP contribution in [0.2, 0.25) is 0 Å². The summed E-state index contributed by atoms with van der Waals surface area (Å²) < 4.78 is 28.3. The number of hydrogen-bond acceptors (Lipinski definition) is 7. The molecule has 0 spiro atoms. The van der Waals surface area contributed by atoms with Crippen LogP contribution in [0, 0.1) is 0 Å². The Bertz CT molecular complexity index is 983. The van der Waals surface area contributed by atoms with E-state index in [9.17, 15) is 22.8 Å². The molecule has 1 heterocycles. The van der Waals surface area contributed by atoms with Gasteiger partial charge in [-0.1, -0.05) is 6.07 Å². The van der Waals surface area contributed by atoms with Crippen LogP contribution in [-0.4, -0.2) is 92.4 Å². The molecule has 0 aromatic heterocycles. The molecule has 0 aliphatic carbocycles. The van der Waals surface area contributed by atoms with Crippen LogP contribution in [0.1, 0.15) is 27.7 Å². The average Bonchev–Trinajstić information content (AvgIpc) is 2.71. The molecule has 1 fully saturated rings. The van der Waals surface area contributed by atoms with Gasteiger partial charge in [-0.15, -0.1) is 0 Å². The summed E-state index contributed by atoms with van der Waals surface area (Å²) in [5.41, 5.74) is -0.292. The number of nitrogens with one attached hydrogen (secondary N) is 1. The molecule has 1 aromatic carbocycles. The smallest absolute Gasteiger partial charge is 0.410 e. The van der Waals surface area contributed by atoms with Crippen molar-refractivity contribution < 1.29 is 27.5 Å². The van der Waals surface area contributed by atoms with E-state index < -0.39 is 33.7 Å². The minimum Gasteiger partial charge on any atom is -0.444 e. The number of likely N-dealkylation sites (N-methyl/N-ethyl adjacent to an activating group) is 1. The maximum absolute atomic E-state index is 12.7. The van der Waals surface area contributed by atoms with Crippen molar-refractivity contribution in [3.63, 3.8) is 0 Å². The highest BCUT2D eigenvalue weighted by Crippen LogP contribution is 2.15. The second kappa shape index (κ2) is 10.5. The second-order valence-electron chi connectivity index (χ2n) is 9.00. The van der Waals surface area contributed by atoms with Crippen LogP contribution in [0.4, 0.5) is 10.5 Å². The summed E-state index contributed by atoms with van der Waals surface area (Å²) in [6.07, 6.45) is -0.400. The maximum Gasteiger partial charge on any atom is 0.410 e. The summed E-state index contributed by atoms with van der Waals surface area (Å²) in [5.74, 6) is -0.552. The number of primary sulfonamides is 1. The molecule has 1 unspecified atom stereocenters. The van der Waals surface area contributed by atoms with Crippen LogP contribution in [0.5, 0.6) is 0 Å². The van der Waals surface area contributed by atoms with Crippen LogP contribution in [0.3, 0.4) is 0 Å². The van der Waals surface area contributed by atoms with Crippen LogP contribution >= 0.6 is 0 Å². The number of hydrogen-bond donors (Lipinski definition) is 2. The molecule has 1 aliphatic rings. The molecule has 11 nitrogen and oxygen atoms in total. The van der Waals surface area contributed by atoms with Gasteiger partial charge in [-0.2, -0.15) is 0 Å². The Morgan fingerprint density at radius 3 is 2.27 bits per heavy atom. The van der Waals surface area contributed by atoms with E-state index in [0.717, 1.165) is 0 Å². The van der Waals surface area contributed by atoms with Crippen LogP contribution < -0.4 is 10.5 Å². The van der Waals surface area contributed by atoms with E-state index in [1.807, 2.05) is 0 Å². The van der Waals surface area contributed by atoms with Gasteiger partial charge < -0.3 is 19.9 Å². The maximum atomic E-state index is 12.7. The van der Waals surface area contributed by atoms with Crippen molar-refractivity contribution in [1.82, 2.24) is 14.7 Å². The summed E-state index contributed by atoms with van der Waals surface area (Å²) in [6.45, 7) is 8.57. The summed E-state index contributed by atoms with van der Waals surface area (Å²) in [4.78, 5) is 42.2. The standard InChI is InChI=1S/C21H33N5O6S/c1-15(19(28)23-16-7-6-8-17(13-16)33(22,30)31)24(5)14-18(27)25-9-11-26(12-10-25)20(29)32-21(2,3)4/h6-8,13,15H,9-12,14H2,1-5H3,(H,23,28)(H2,22,30,31). The van der Waals surface area contributed by atoms with E-state index in [-0.39, 0.29) is 23.0 Å². The molecule has 3 N–H and O–H groups in total. The fraction of sp³-hybridized carbons (Fsp3) is 0.571. The third-order valence-corrected chi connectivity index (χ3v) is 6.05. The molecular weight excluding hydrogens is 450 g/mol. The lowest BCUT2D eigenvalue weighted by atomic mass is 10.2. The lowest BCUT2D eigenvalue weighted by molar-refractivity contribution is -0.135. The number of piperazine rings is 1. The number of carbonyl (C=O) groups excluding carboxylic acids is 3. The van der Waals surface area contributed by atoms with Gasteiger partial charge in [0.1, 0.15) is 5.60 Å². The Labute approximate surface area is 194 Å². The molecule has 0 radical (unpaired) electrons. The highest BCUT2D eigenvalue weighted by molar-refractivity contribution is 7.89. The van der Waals surface area contributed by atoms with Crippen LogP contribution in [-0.2, 0) is 24.3 Å². The minimum atomic E-state index is -3.89. The first-order valence-electron chi connectivity index (χ1n) is 10.6. The number of sulfonamides is 1. The van der Waals surface area contributed by atoms with Gasteiger partial charge in [-0.05, 0) is 52.9 Å². The minimum absolute atomic E-state index is 0.0121. The largest absolute Gasteiger partial charge is 0.444 e. The molecule has 2 rings (SSSR count). The Balaban J connectivity index is 1.87. The highest BCUT2D eigenvalue weighted by atomic mass is 32.2. The molecule has 1 saturated heterocycles. The van der Waals surface area contributed by atoms with Gasteiger partial charge in [-0.3, -0.25) is 14.5 Å². The number of carbonyl (C=O) groups is 3. The van der Waals surface area contributed by atoms with E-state index in [1.165, 1.54) is 18.2 Å². The topological polar surface area (TPSA) is 142 Å². The second-order valence-corrected chi connectivity index (χ2v) is 10.6. The molecule has 3 amide bonds. The first-order valence-corrected chi connectivity index (χ1v) is 12.1. The Morgan fingerprint density at radius 1 is 1.15 bits per heavy atom. The number of nitrogens with two attached hydrogens (primary N) is 1. The number of anilines is 1. The van der Waals surface area contributed by atoms with Gasteiger partial charge >= 0.3 is 6.09 Å². The SMILES string of the molecule is CC(C(=O)Nc1cccc(S(N)(=O)=O)c1)N(C)CC(=O)N1CCN(C(=O)OC(C)(C)C)CC1. The number of rotatable bonds is 6. The molecule has 33 heavy (non-hydrogen) atoms.